The lowest BCUT2D eigenvalue weighted by Crippen LogP contribution is -2.38. The summed E-state index contributed by atoms with van der Waals surface area (Å²) in [5.74, 6) is -3.73. The molecule has 1 saturated heterocycles. The predicted molar refractivity (Wildman–Crippen MR) is 123 cm³/mol. The Morgan fingerprint density at radius 1 is 1.06 bits per heavy atom. The molecular formula is C21H34N4O9S. The van der Waals surface area contributed by atoms with Crippen molar-refractivity contribution in [3.05, 3.63) is 0 Å². The molecular weight excluding hydrogens is 484 g/mol. The summed E-state index contributed by atoms with van der Waals surface area (Å²) in [5.41, 5.74) is 0. The van der Waals surface area contributed by atoms with Gasteiger partial charge in [0.2, 0.25) is 11.8 Å². The van der Waals surface area contributed by atoms with Crippen LogP contribution < -0.4 is 10.6 Å². The van der Waals surface area contributed by atoms with Crippen LogP contribution in [0, 0.1) is 0 Å². The molecule has 198 valence electrons. The molecule has 0 bridgehead atoms. The molecule has 2 atom stereocenters. The first kappa shape index (κ1) is 30.2. The number of imide groups is 1. The van der Waals surface area contributed by atoms with Crippen molar-refractivity contribution in [2.45, 2.75) is 63.2 Å². The van der Waals surface area contributed by atoms with E-state index in [1.165, 1.54) is 6.92 Å². The number of hydrogen-bond donors (Lipinski definition) is 2. The van der Waals surface area contributed by atoms with E-state index in [0.29, 0.717) is 13.0 Å². The highest BCUT2D eigenvalue weighted by molar-refractivity contribution is 7.92. The highest BCUT2D eigenvalue weighted by Crippen LogP contribution is 2.20. The maximum Gasteiger partial charge on any atom is 0.334 e. The van der Waals surface area contributed by atoms with Gasteiger partial charge >= 0.3 is 5.97 Å². The molecule has 2 N–H and O–H groups in total. The summed E-state index contributed by atoms with van der Waals surface area (Å²) in [7, 11) is -0.276. The quantitative estimate of drug-likeness (QED) is 0.196. The monoisotopic (exact) mass is 518 g/mol. The van der Waals surface area contributed by atoms with E-state index in [4.69, 9.17) is 0 Å². The zero-order valence-corrected chi connectivity index (χ0v) is 21.3. The summed E-state index contributed by atoms with van der Waals surface area (Å²) in [4.78, 5) is 77.5. The number of nitrogens with zero attached hydrogens (tertiary/aromatic N) is 2. The minimum absolute atomic E-state index is 0.00842. The Morgan fingerprint density at radius 2 is 1.71 bits per heavy atom. The predicted octanol–water partition coefficient (Wildman–Crippen LogP) is -1.29. The Morgan fingerprint density at radius 3 is 2.26 bits per heavy atom. The lowest BCUT2D eigenvalue weighted by Gasteiger charge is -2.23. The third kappa shape index (κ3) is 10.5. The lowest BCUT2D eigenvalue weighted by atomic mass is 10.0. The number of carbonyl (C=O) groups is 6. The van der Waals surface area contributed by atoms with Crippen molar-refractivity contribution < 1.29 is 42.0 Å². The van der Waals surface area contributed by atoms with Crippen molar-refractivity contribution in [2.75, 3.05) is 33.4 Å². The van der Waals surface area contributed by atoms with Crippen LogP contribution in [-0.2, 0) is 43.4 Å². The van der Waals surface area contributed by atoms with Gasteiger partial charge < -0.3 is 15.5 Å². The molecule has 0 spiro atoms. The molecule has 1 heterocycles. The molecule has 4 amide bonds. The number of carbonyl (C=O) groups excluding carboxylic acids is 6. The van der Waals surface area contributed by atoms with Crippen LogP contribution in [0.2, 0.25) is 0 Å². The number of Topliss-reactive ketones (excluding diaryl/α,β-unsaturated/α-hetero) is 1. The van der Waals surface area contributed by atoms with Crippen molar-refractivity contribution in [3.63, 3.8) is 0 Å². The first-order chi connectivity index (χ1) is 16.2. The molecule has 1 fully saturated rings. The van der Waals surface area contributed by atoms with E-state index in [1.54, 1.807) is 19.0 Å². The van der Waals surface area contributed by atoms with E-state index in [1.807, 2.05) is 0 Å². The van der Waals surface area contributed by atoms with Gasteiger partial charge in [-0.3, -0.25) is 28.9 Å². The van der Waals surface area contributed by atoms with Gasteiger partial charge in [-0.15, -0.1) is 5.06 Å². The van der Waals surface area contributed by atoms with Gasteiger partial charge in [0.05, 0.1) is 18.9 Å². The van der Waals surface area contributed by atoms with Crippen LogP contribution in [0.15, 0.2) is 0 Å². The fourth-order valence-corrected chi connectivity index (χ4v) is 4.30. The first-order valence-corrected chi connectivity index (χ1v) is 13.2. The van der Waals surface area contributed by atoms with E-state index in [9.17, 15) is 37.2 Å². The average Bonchev–Trinajstić information content (AvgIpc) is 3.02. The summed E-state index contributed by atoms with van der Waals surface area (Å²) in [6.45, 7) is 1.82. The maximum atomic E-state index is 12.5. The average molecular weight is 519 g/mol. The summed E-state index contributed by atoms with van der Waals surface area (Å²) < 4.78 is 23.1. The molecule has 0 aliphatic carbocycles. The molecule has 14 heteroatoms. The molecule has 13 nitrogen and oxygen atoms in total. The Kier molecular flexibility index (Phi) is 12.0. The van der Waals surface area contributed by atoms with E-state index in [0.717, 1.165) is 19.1 Å². The number of unbranched alkanes of at least 4 members (excludes halogenated alkanes) is 1. The number of sulfone groups is 1. The van der Waals surface area contributed by atoms with E-state index < -0.39 is 45.2 Å². The fourth-order valence-electron chi connectivity index (χ4n) is 3.39. The second-order valence-corrected chi connectivity index (χ2v) is 10.8. The fraction of sp³-hybridized carbons (Fsp3) is 0.714. The van der Waals surface area contributed by atoms with Gasteiger partial charge in [-0.1, -0.05) is 0 Å². The number of nitrogens with one attached hydrogen (secondary N) is 2. The van der Waals surface area contributed by atoms with Crippen molar-refractivity contribution >= 4 is 45.2 Å². The highest BCUT2D eigenvalue weighted by atomic mass is 32.2. The van der Waals surface area contributed by atoms with Gasteiger partial charge in [0, 0.05) is 39.1 Å². The SMILES string of the molecule is CC(=O)NCCCCC(C(=O)CCC(=O)NCCC(=O)ON1C(=O)CC(S(C)(=O)=O)C1=O)N(C)C. The smallest absolute Gasteiger partial charge is 0.334 e. The van der Waals surface area contributed by atoms with E-state index in [-0.39, 0.29) is 48.6 Å². The van der Waals surface area contributed by atoms with Crippen molar-refractivity contribution in [3.8, 4) is 0 Å². The van der Waals surface area contributed by atoms with Gasteiger partial charge in [0.15, 0.2) is 15.1 Å². The van der Waals surface area contributed by atoms with Crippen LogP contribution in [-0.4, -0.2) is 98.5 Å². The number of likely N-dealkylation sites (N-methyl/N-ethyl adjacent to an activating group) is 1. The van der Waals surface area contributed by atoms with Gasteiger partial charge in [-0.25, -0.2) is 13.2 Å². The molecule has 0 aromatic rings. The topological polar surface area (TPSA) is 176 Å². The Hall–Kier alpha value is -2.87. The number of amides is 4. The van der Waals surface area contributed by atoms with Gasteiger partial charge in [-0.2, -0.15) is 0 Å². The standard InChI is InChI=1S/C21H34N4O9S/c1-14(26)22-11-6-5-7-15(24(2)3)16(27)8-9-18(28)23-12-10-20(30)34-25-19(29)13-17(21(25)31)35(4,32)33/h15,17H,5-13H2,1-4H3,(H,22,26)(H,23,28). The number of ketones is 1. The third-order valence-corrected chi connectivity index (χ3v) is 6.70. The summed E-state index contributed by atoms with van der Waals surface area (Å²) in [6, 6.07) is -0.360. The van der Waals surface area contributed by atoms with E-state index >= 15 is 0 Å². The van der Waals surface area contributed by atoms with Gasteiger partial charge in [0.25, 0.3) is 11.8 Å². The molecule has 0 aromatic carbocycles. The third-order valence-electron chi connectivity index (χ3n) is 5.30. The molecule has 35 heavy (non-hydrogen) atoms. The number of hydrogen-bond acceptors (Lipinski definition) is 10. The minimum Gasteiger partial charge on any atom is -0.356 e. The molecule has 1 aliphatic heterocycles. The van der Waals surface area contributed by atoms with Crippen molar-refractivity contribution in [1.29, 1.82) is 0 Å². The van der Waals surface area contributed by atoms with Crippen LogP contribution in [0.3, 0.4) is 0 Å². The zero-order chi connectivity index (χ0) is 26.8. The number of rotatable bonds is 15. The Balaban J connectivity index is 2.36. The molecule has 1 aliphatic rings. The van der Waals surface area contributed by atoms with Crippen LogP contribution in [0.4, 0.5) is 0 Å². The second kappa shape index (κ2) is 13.9. The molecule has 0 radical (unpaired) electrons. The molecule has 0 saturated carbocycles. The highest BCUT2D eigenvalue weighted by Gasteiger charge is 2.47. The Labute approximate surface area is 204 Å². The summed E-state index contributed by atoms with van der Waals surface area (Å²) in [6.07, 6.45) is 1.83. The van der Waals surface area contributed by atoms with Crippen LogP contribution in [0.1, 0.15) is 51.9 Å². The van der Waals surface area contributed by atoms with Gasteiger partial charge in [0.1, 0.15) is 5.78 Å². The van der Waals surface area contributed by atoms with Crippen LogP contribution in [0.5, 0.6) is 0 Å². The molecule has 1 rings (SSSR count). The second-order valence-electron chi connectivity index (χ2n) is 8.54. The molecule has 0 aromatic heterocycles. The largest absolute Gasteiger partial charge is 0.356 e. The van der Waals surface area contributed by atoms with Crippen LogP contribution in [0.25, 0.3) is 0 Å². The lowest BCUT2D eigenvalue weighted by molar-refractivity contribution is -0.197. The Bertz CT molecular complexity index is 933. The zero-order valence-electron chi connectivity index (χ0n) is 20.5. The first-order valence-electron chi connectivity index (χ1n) is 11.2. The number of hydroxylamine groups is 2. The summed E-state index contributed by atoms with van der Waals surface area (Å²) in [5, 5.41) is 3.72. The molecule has 2 unspecified atom stereocenters. The van der Waals surface area contributed by atoms with Crippen molar-refractivity contribution in [2.24, 2.45) is 0 Å². The minimum atomic E-state index is -3.82. The van der Waals surface area contributed by atoms with Crippen LogP contribution >= 0.6 is 0 Å². The normalized spacial score (nSPS) is 16.8. The maximum absolute atomic E-state index is 12.5. The van der Waals surface area contributed by atoms with Gasteiger partial charge in [-0.05, 0) is 33.4 Å². The van der Waals surface area contributed by atoms with Crippen molar-refractivity contribution in [1.82, 2.24) is 20.6 Å². The van der Waals surface area contributed by atoms with E-state index in [2.05, 4.69) is 15.5 Å². The summed E-state index contributed by atoms with van der Waals surface area (Å²) >= 11 is 0.